The average molecular weight is 173 g/mol. The van der Waals surface area contributed by atoms with Crippen LogP contribution >= 0.6 is 23.2 Å². The zero-order valence-electron chi connectivity index (χ0n) is 5.09. The molecule has 0 aliphatic rings. The molecule has 4 heteroatoms. The molecule has 0 amide bonds. The molecule has 0 aromatic carbocycles. The molecule has 0 bridgehead atoms. The highest BCUT2D eigenvalue weighted by atomic mass is 35.5. The monoisotopic (exact) mass is 172 g/mol. The van der Waals surface area contributed by atoms with Crippen LogP contribution in [0.5, 0.6) is 0 Å². The van der Waals surface area contributed by atoms with Crippen molar-refractivity contribution in [3.8, 4) is 0 Å². The van der Waals surface area contributed by atoms with E-state index in [0.717, 1.165) is 0 Å². The standard InChI is InChI=1S/C5H10Cl2O2/c1-2-3(8)4(6)5(7)9/h3-5,8-9H,2H2,1H3. The molecule has 0 spiro atoms. The molecule has 0 aliphatic heterocycles. The van der Waals surface area contributed by atoms with Crippen LogP contribution in [-0.2, 0) is 0 Å². The van der Waals surface area contributed by atoms with Gasteiger partial charge in [-0.25, -0.2) is 0 Å². The van der Waals surface area contributed by atoms with Gasteiger partial charge in [-0.15, -0.1) is 11.6 Å². The van der Waals surface area contributed by atoms with Gasteiger partial charge in [0.2, 0.25) is 0 Å². The first-order valence-corrected chi connectivity index (χ1v) is 3.61. The minimum Gasteiger partial charge on any atom is -0.391 e. The number of rotatable bonds is 3. The van der Waals surface area contributed by atoms with Crippen LogP contribution in [0.25, 0.3) is 0 Å². The van der Waals surface area contributed by atoms with Crippen LogP contribution in [-0.4, -0.2) is 27.3 Å². The van der Waals surface area contributed by atoms with Crippen molar-refractivity contribution < 1.29 is 10.2 Å². The number of halogens is 2. The summed E-state index contributed by atoms with van der Waals surface area (Å²) in [4.78, 5) is 0. The van der Waals surface area contributed by atoms with Crippen LogP contribution in [0, 0.1) is 0 Å². The van der Waals surface area contributed by atoms with Gasteiger partial charge in [-0.05, 0) is 6.42 Å². The Morgan fingerprint density at radius 1 is 1.33 bits per heavy atom. The first-order valence-electron chi connectivity index (χ1n) is 2.73. The fourth-order valence-corrected chi connectivity index (χ4v) is 0.755. The summed E-state index contributed by atoms with van der Waals surface area (Å²) < 4.78 is 0. The Hall–Kier alpha value is 0.500. The Balaban J connectivity index is 3.58. The van der Waals surface area contributed by atoms with Crippen LogP contribution in [0.3, 0.4) is 0 Å². The molecule has 0 saturated heterocycles. The second-order valence-electron chi connectivity index (χ2n) is 1.79. The quantitative estimate of drug-likeness (QED) is 0.623. The summed E-state index contributed by atoms with van der Waals surface area (Å²) in [6.45, 7) is 1.76. The SMILES string of the molecule is CCC(O)C(Cl)C(O)Cl. The van der Waals surface area contributed by atoms with E-state index in [-0.39, 0.29) is 0 Å². The molecule has 0 aliphatic carbocycles. The summed E-state index contributed by atoms with van der Waals surface area (Å²) in [5, 5.41) is 16.7. The van der Waals surface area contributed by atoms with Crippen LogP contribution < -0.4 is 0 Å². The molecule has 0 rings (SSSR count). The van der Waals surface area contributed by atoms with E-state index in [1.165, 1.54) is 0 Å². The summed E-state index contributed by atoms with van der Waals surface area (Å²) in [5.41, 5.74) is -1.17. The van der Waals surface area contributed by atoms with Crippen molar-refractivity contribution in [2.24, 2.45) is 0 Å². The molecule has 0 heterocycles. The van der Waals surface area contributed by atoms with Crippen molar-refractivity contribution in [3.63, 3.8) is 0 Å². The van der Waals surface area contributed by atoms with Crippen LogP contribution in [0.4, 0.5) is 0 Å². The highest BCUT2D eigenvalue weighted by Gasteiger charge is 2.20. The van der Waals surface area contributed by atoms with E-state index < -0.39 is 17.0 Å². The van der Waals surface area contributed by atoms with E-state index in [1.807, 2.05) is 0 Å². The number of aliphatic hydroxyl groups excluding tert-OH is 2. The van der Waals surface area contributed by atoms with Gasteiger partial charge < -0.3 is 10.2 Å². The van der Waals surface area contributed by atoms with E-state index in [9.17, 15) is 0 Å². The molecule has 0 fully saturated rings. The predicted molar refractivity (Wildman–Crippen MR) is 37.8 cm³/mol. The van der Waals surface area contributed by atoms with Crippen LogP contribution in [0.1, 0.15) is 13.3 Å². The number of hydrogen-bond acceptors (Lipinski definition) is 2. The smallest absolute Gasteiger partial charge is 0.146 e. The molecule has 2 N–H and O–H groups in total. The second-order valence-corrected chi connectivity index (χ2v) is 2.74. The zero-order chi connectivity index (χ0) is 7.44. The van der Waals surface area contributed by atoms with Crippen molar-refractivity contribution in [2.75, 3.05) is 0 Å². The lowest BCUT2D eigenvalue weighted by Gasteiger charge is -2.15. The van der Waals surface area contributed by atoms with Gasteiger partial charge in [0.1, 0.15) is 5.56 Å². The average Bonchev–Trinajstić information content (AvgIpc) is 1.84. The summed E-state index contributed by atoms with van der Waals surface area (Å²) in [6.07, 6.45) is -0.225. The summed E-state index contributed by atoms with van der Waals surface area (Å²) in [6, 6.07) is 0. The van der Waals surface area contributed by atoms with Crippen molar-refractivity contribution in [2.45, 2.75) is 30.4 Å². The summed E-state index contributed by atoms with van der Waals surface area (Å²) >= 11 is 10.6. The Bertz CT molecular complexity index is 77.4. The van der Waals surface area contributed by atoms with Gasteiger partial charge >= 0.3 is 0 Å². The normalized spacial score (nSPS) is 21.0. The predicted octanol–water partition coefficient (Wildman–Crippen LogP) is 0.922. The fraction of sp³-hybridized carbons (Fsp3) is 1.00. The first kappa shape index (κ1) is 9.50. The maximum Gasteiger partial charge on any atom is 0.146 e. The molecule has 0 saturated carbocycles. The minimum absolute atomic E-state index is 0.498. The molecule has 0 aromatic heterocycles. The lowest BCUT2D eigenvalue weighted by Crippen LogP contribution is -2.28. The van der Waals surface area contributed by atoms with Crippen molar-refractivity contribution in [1.29, 1.82) is 0 Å². The Morgan fingerprint density at radius 2 is 1.78 bits per heavy atom. The molecule has 2 nitrogen and oxygen atoms in total. The van der Waals surface area contributed by atoms with Gasteiger partial charge in [-0.1, -0.05) is 18.5 Å². The zero-order valence-corrected chi connectivity index (χ0v) is 6.60. The molecule has 56 valence electrons. The summed E-state index contributed by atoms with van der Waals surface area (Å²) in [7, 11) is 0. The van der Waals surface area contributed by atoms with E-state index in [4.69, 9.17) is 33.4 Å². The maximum atomic E-state index is 8.92. The van der Waals surface area contributed by atoms with Gasteiger partial charge in [0.25, 0.3) is 0 Å². The number of alkyl halides is 2. The molecule has 0 radical (unpaired) electrons. The lowest BCUT2D eigenvalue weighted by molar-refractivity contribution is 0.120. The molecular formula is C5H10Cl2O2. The largest absolute Gasteiger partial charge is 0.391 e. The highest BCUT2D eigenvalue weighted by Crippen LogP contribution is 2.13. The van der Waals surface area contributed by atoms with Gasteiger partial charge in [-0.3, -0.25) is 0 Å². The van der Waals surface area contributed by atoms with Crippen LogP contribution in [0.15, 0.2) is 0 Å². The van der Waals surface area contributed by atoms with Gasteiger partial charge in [0.05, 0.1) is 11.5 Å². The third kappa shape index (κ3) is 3.26. The van der Waals surface area contributed by atoms with Crippen molar-refractivity contribution >= 4 is 23.2 Å². The van der Waals surface area contributed by atoms with E-state index in [0.29, 0.717) is 6.42 Å². The van der Waals surface area contributed by atoms with E-state index >= 15 is 0 Å². The Morgan fingerprint density at radius 3 is 1.89 bits per heavy atom. The topological polar surface area (TPSA) is 40.5 Å². The summed E-state index contributed by atoms with van der Waals surface area (Å²) in [5.74, 6) is 0. The van der Waals surface area contributed by atoms with Gasteiger partial charge in [0, 0.05) is 0 Å². The van der Waals surface area contributed by atoms with Gasteiger partial charge in [0.15, 0.2) is 0 Å². The lowest BCUT2D eigenvalue weighted by atomic mass is 10.2. The van der Waals surface area contributed by atoms with Crippen LogP contribution in [0.2, 0.25) is 0 Å². The molecule has 3 unspecified atom stereocenters. The van der Waals surface area contributed by atoms with Gasteiger partial charge in [-0.2, -0.15) is 0 Å². The molecule has 3 atom stereocenters. The Kier molecular flexibility index (Phi) is 4.58. The Labute approximate surface area is 64.4 Å². The first-order chi connectivity index (χ1) is 4.09. The number of aliphatic hydroxyl groups is 2. The molecule has 0 aromatic rings. The molecular weight excluding hydrogens is 163 g/mol. The maximum absolute atomic E-state index is 8.92. The minimum atomic E-state index is -1.17. The molecule has 9 heavy (non-hydrogen) atoms. The third-order valence-corrected chi connectivity index (χ3v) is 1.98. The third-order valence-electron chi connectivity index (χ3n) is 1.05. The van der Waals surface area contributed by atoms with E-state index in [1.54, 1.807) is 6.92 Å². The van der Waals surface area contributed by atoms with E-state index in [2.05, 4.69) is 0 Å². The van der Waals surface area contributed by atoms with Crippen molar-refractivity contribution in [1.82, 2.24) is 0 Å². The second kappa shape index (κ2) is 4.34. The van der Waals surface area contributed by atoms with Crippen molar-refractivity contribution in [3.05, 3.63) is 0 Å². The highest BCUT2D eigenvalue weighted by molar-refractivity contribution is 6.29. The number of hydrogen-bond donors (Lipinski definition) is 2. The fourth-order valence-electron chi connectivity index (χ4n) is 0.408.